The molecule has 5 rings (SSSR count). The zero-order valence-corrected chi connectivity index (χ0v) is 21.9. The van der Waals surface area contributed by atoms with E-state index < -0.39 is 0 Å². The number of rotatable bonds is 6. The Bertz CT molecular complexity index is 1410. The second-order valence-corrected chi connectivity index (χ2v) is 10.1. The van der Waals surface area contributed by atoms with E-state index in [0.717, 1.165) is 71.7 Å². The molecule has 0 atom stereocenters. The third kappa shape index (κ3) is 5.25. The van der Waals surface area contributed by atoms with Crippen LogP contribution in [0.2, 0.25) is 10.0 Å². The number of piperazine rings is 1. The molecule has 2 heterocycles. The van der Waals surface area contributed by atoms with Crippen molar-refractivity contribution in [2.75, 3.05) is 31.5 Å². The van der Waals surface area contributed by atoms with Gasteiger partial charge in [0.15, 0.2) is 5.78 Å². The van der Waals surface area contributed by atoms with Gasteiger partial charge in [0.1, 0.15) is 0 Å². The van der Waals surface area contributed by atoms with Crippen LogP contribution >= 0.6 is 23.2 Å². The van der Waals surface area contributed by atoms with Crippen molar-refractivity contribution in [2.24, 2.45) is 0 Å². The van der Waals surface area contributed by atoms with E-state index in [1.807, 2.05) is 37.3 Å². The van der Waals surface area contributed by atoms with Gasteiger partial charge in [-0.05, 0) is 72.5 Å². The third-order valence-corrected chi connectivity index (χ3v) is 7.49. The van der Waals surface area contributed by atoms with E-state index in [2.05, 4.69) is 44.8 Å². The molecule has 184 valence electrons. The molecular weight excluding hydrogens is 491 g/mol. The van der Waals surface area contributed by atoms with Crippen LogP contribution < -0.4 is 10.6 Å². The Balaban J connectivity index is 1.50. The molecule has 3 aromatic carbocycles. The van der Waals surface area contributed by atoms with Gasteiger partial charge >= 0.3 is 0 Å². The second kappa shape index (κ2) is 10.6. The number of pyridine rings is 1. The highest BCUT2D eigenvalue weighted by atomic mass is 35.5. The highest BCUT2D eigenvalue weighted by Gasteiger charge is 2.15. The Hall–Kier alpha value is -2.96. The quantitative estimate of drug-likeness (QED) is 0.273. The number of hydrogen-bond donors (Lipinski definition) is 2. The van der Waals surface area contributed by atoms with Crippen molar-refractivity contribution in [3.05, 3.63) is 87.5 Å². The summed E-state index contributed by atoms with van der Waals surface area (Å²) in [6.45, 7) is 8.58. The van der Waals surface area contributed by atoms with Gasteiger partial charge in [0.2, 0.25) is 0 Å². The van der Waals surface area contributed by atoms with E-state index in [0.29, 0.717) is 15.6 Å². The lowest BCUT2D eigenvalue weighted by Crippen LogP contribution is -2.42. The van der Waals surface area contributed by atoms with Crippen LogP contribution in [0.15, 0.2) is 60.8 Å². The van der Waals surface area contributed by atoms with E-state index in [1.165, 1.54) is 5.56 Å². The van der Waals surface area contributed by atoms with Crippen LogP contribution in [0.5, 0.6) is 0 Å². The molecule has 1 aromatic heterocycles. The lowest BCUT2D eigenvalue weighted by Gasteiger charge is -2.27. The van der Waals surface area contributed by atoms with Gasteiger partial charge in [0.25, 0.3) is 0 Å². The maximum atomic E-state index is 12.5. The molecule has 4 aromatic rings. The Morgan fingerprint density at radius 2 is 1.69 bits per heavy atom. The minimum Gasteiger partial charge on any atom is -0.354 e. The first-order valence-corrected chi connectivity index (χ1v) is 12.8. The Labute approximate surface area is 221 Å². The monoisotopic (exact) mass is 518 g/mol. The predicted octanol–water partition coefficient (Wildman–Crippen LogP) is 6.87. The van der Waals surface area contributed by atoms with Gasteiger partial charge in [0.05, 0.1) is 16.8 Å². The first-order valence-electron chi connectivity index (χ1n) is 12.1. The summed E-state index contributed by atoms with van der Waals surface area (Å²) >= 11 is 12.8. The number of carbonyl (C=O) groups excluding carboxylic acids is 1. The number of nitrogens with one attached hydrogen (secondary N) is 2. The maximum absolute atomic E-state index is 12.5. The van der Waals surface area contributed by atoms with Gasteiger partial charge in [-0.25, -0.2) is 0 Å². The first kappa shape index (κ1) is 24.7. The minimum absolute atomic E-state index is 0.0472. The summed E-state index contributed by atoms with van der Waals surface area (Å²) < 4.78 is 0. The maximum Gasteiger partial charge on any atom is 0.163 e. The largest absolute Gasteiger partial charge is 0.354 e. The van der Waals surface area contributed by atoms with Gasteiger partial charge in [-0.15, -0.1) is 0 Å². The molecule has 1 aliphatic heterocycles. The molecule has 0 spiro atoms. The molecule has 0 aliphatic carbocycles. The second-order valence-electron chi connectivity index (χ2n) is 9.25. The van der Waals surface area contributed by atoms with Crippen LogP contribution in [0, 0.1) is 6.92 Å². The van der Waals surface area contributed by atoms with Gasteiger partial charge < -0.3 is 10.6 Å². The molecule has 0 unspecified atom stereocenters. The number of nitrogens with zero attached hydrogens (tertiary/aromatic N) is 2. The number of halogens is 2. The highest BCUT2D eigenvalue weighted by molar-refractivity contribution is 6.36. The van der Waals surface area contributed by atoms with Crippen LogP contribution in [-0.4, -0.2) is 41.8 Å². The standard InChI is InChI=1S/C29H28Cl2N4O/c1-18-26(30)14-22(15-27(18)31)21-5-8-28-24(13-21)29(25(16-33-28)19(2)36)34-23-6-3-20(4-7-23)17-35-11-9-32-10-12-35/h3-8,13-16,32H,9-12,17H2,1-2H3,(H,33,34). The first-order chi connectivity index (χ1) is 17.4. The zero-order chi connectivity index (χ0) is 25.2. The average Bonchev–Trinajstić information content (AvgIpc) is 2.88. The molecule has 0 radical (unpaired) electrons. The van der Waals surface area contributed by atoms with Crippen LogP contribution in [0.4, 0.5) is 11.4 Å². The number of anilines is 2. The van der Waals surface area contributed by atoms with Crippen molar-refractivity contribution in [3.63, 3.8) is 0 Å². The Kier molecular flexibility index (Phi) is 7.26. The third-order valence-electron chi connectivity index (χ3n) is 6.70. The van der Waals surface area contributed by atoms with Crippen LogP contribution in [0.3, 0.4) is 0 Å². The van der Waals surface area contributed by atoms with E-state index >= 15 is 0 Å². The smallest absolute Gasteiger partial charge is 0.163 e. The molecule has 5 nitrogen and oxygen atoms in total. The molecule has 2 N–H and O–H groups in total. The van der Waals surface area contributed by atoms with Crippen molar-refractivity contribution in [1.29, 1.82) is 0 Å². The summed E-state index contributed by atoms with van der Waals surface area (Å²) in [5.41, 5.74) is 6.98. The SMILES string of the molecule is CC(=O)c1cnc2ccc(-c3cc(Cl)c(C)c(Cl)c3)cc2c1Nc1ccc(CN2CCNCC2)cc1. The van der Waals surface area contributed by atoms with Crippen molar-refractivity contribution in [3.8, 4) is 11.1 Å². The van der Waals surface area contributed by atoms with Gasteiger partial charge in [-0.3, -0.25) is 14.7 Å². The van der Waals surface area contributed by atoms with E-state index in [9.17, 15) is 4.79 Å². The van der Waals surface area contributed by atoms with Gasteiger partial charge in [-0.2, -0.15) is 0 Å². The molecule has 0 amide bonds. The van der Waals surface area contributed by atoms with Crippen molar-refractivity contribution < 1.29 is 4.79 Å². The summed E-state index contributed by atoms with van der Waals surface area (Å²) in [6.07, 6.45) is 1.64. The van der Waals surface area contributed by atoms with Crippen LogP contribution in [0.25, 0.3) is 22.0 Å². The van der Waals surface area contributed by atoms with Crippen LogP contribution in [-0.2, 0) is 6.54 Å². The lowest BCUT2D eigenvalue weighted by molar-refractivity contribution is 0.101. The predicted molar refractivity (Wildman–Crippen MR) is 150 cm³/mol. The fraction of sp³-hybridized carbons (Fsp3) is 0.241. The summed E-state index contributed by atoms with van der Waals surface area (Å²) in [5, 5.41) is 8.99. The number of hydrogen-bond acceptors (Lipinski definition) is 5. The summed E-state index contributed by atoms with van der Waals surface area (Å²) in [7, 11) is 0. The minimum atomic E-state index is -0.0472. The van der Waals surface area contributed by atoms with E-state index in [4.69, 9.17) is 23.2 Å². The summed E-state index contributed by atoms with van der Waals surface area (Å²) in [5.74, 6) is -0.0472. The number of benzene rings is 3. The average molecular weight is 519 g/mol. The molecule has 7 heteroatoms. The fourth-order valence-corrected chi connectivity index (χ4v) is 5.04. The molecular formula is C29H28Cl2N4O. The lowest BCUT2D eigenvalue weighted by atomic mass is 9.99. The molecule has 1 fully saturated rings. The number of carbonyl (C=O) groups is 1. The van der Waals surface area contributed by atoms with Crippen molar-refractivity contribution >= 4 is 51.3 Å². The number of ketones is 1. The summed E-state index contributed by atoms with van der Waals surface area (Å²) in [4.78, 5) is 19.5. The van der Waals surface area contributed by atoms with Gasteiger partial charge in [0, 0.05) is 60.0 Å². The Morgan fingerprint density at radius 1 is 1.00 bits per heavy atom. The van der Waals surface area contributed by atoms with Gasteiger partial charge in [-0.1, -0.05) is 41.4 Å². The Morgan fingerprint density at radius 3 is 2.36 bits per heavy atom. The van der Waals surface area contributed by atoms with Crippen LogP contribution in [0.1, 0.15) is 28.4 Å². The molecule has 0 bridgehead atoms. The topological polar surface area (TPSA) is 57.3 Å². The van der Waals surface area contributed by atoms with Crippen molar-refractivity contribution in [1.82, 2.24) is 15.2 Å². The van der Waals surface area contributed by atoms with E-state index in [-0.39, 0.29) is 5.78 Å². The molecule has 1 saturated heterocycles. The fourth-order valence-electron chi connectivity index (χ4n) is 4.55. The molecule has 0 saturated carbocycles. The summed E-state index contributed by atoms with van der Waals surface area (Å²) in [6, 6.07) is 18.2. The van der Waals surface area contributed by atoms with E-state index in [1.54, 1.807) is 13.1 Å². The number of aromatic nitrogens is 1. The number of fused-ring (bicyclic) bond motifs is 1. The van der Waals surface area contributed by atoms with Crippen molar-refractivity contribution in [2.45, 2.75) is 20.4 Å². The zero-order valence-electron chi connectivity index (χ0n) is 20.4. The molecule has 36 heavy (non-hydrogen) atoms. The molecule has 1 aliphatic rings. The highest BCUT2D eigenvalue weighted by Crippen LogP contribution is 2.36. The normalized spacial score (nSPS) is 14.2. The number of Topliss-reactive ketones (excluding diaryl/α,β-unsaturated/α-hetero) is 1.